The molecule has 0 aliphatic heterocycles. The Kier molecular flexibility index (Phi) is 7.19. The first-order valence-electron chi connectivity index (χ1n) is 21.9. The third-order valence-electron chi connectivity index (χ3n) is 14.4. The van der Waals surface area contributed by atoms with Gasteiger partial charge in [-0.05, 0) is 108 Å². The van der Waals surface area contributed by atoms with Gasteiger partial charge in [-0.3, -0.25) is 0 Å². The third-order valence-corrected chi connectivity index (χ3v) is 15.5. The van der Waals surface area contributed by atoms with Crippen molar-refractivity contribution in [3.05, 3.63) is 269 Å². The molecule has 14 rings (SSSR count). The number of aromatic nitrogens is 1. The highest BCUT2D eigenvalue weighted by atomic mass is 32.1. The van der Waals surface area contributed by atoms with Gasteiger partial charge < -0.3 is 0 Å². The lowest BCUT2D eigenvalue weighted by Crippen LogP contribution is -2.44. The van der Waals surface area contributed by atoms with Crippen LogP contribution in [0.25, 0.3) is 76.1 Å². The Morgan fingerprint density at radius 3 is 1.41 bits per heavy atom. The maximum Gasteiger partial charge on any atom is 0.0726 e. The highest BCUT2D eigenvalue weighted by Gasteiger charge is 2.59. The molecule has 1 nitrogen and oxygen atoms in total. The van der Waals surface area contributed by atoms with Crippen molar-refractivity contribution < 1.29 is 0 Å². The van der Waals surface area contributed by atoms with Gasteiger partial charge in [0, 0.05) is 31.3 Å². The van der Waals surface area contributed by atoms with Crippen LogP contribution in [0.2, 0.25) is 0 Å². The van der Waals surface area contributed by atoms with E-state index in [4.69, 9.17) is 4.98 Å². The molecule has 2 aromatic heterocycles. The Balaban J connectivity index is 1.15. The van der Waals surface area contributed by atoms with Crippen molar-refractivity contribution in [3.63, 3.8) is 0 Å². The van der Waals surface area contributed by atoms with Crippen LogP contribution >= 0.6 is 11.3 Å². The van der Waals surface area contributed by atoms with Crippen LogP contribution < -0.4 is 0 Å². The molecule has 292 valence electrons. The highest BCUT2D eigenvalue weighted by molar-refractivity contribution is 7.25. The lowest BCUT2D eigenvalue weighted by molar-refractivity contribution is 0.634. The summed E-state index contributed by atoms with van der Waals surface area (Å²) in [5.41, 5.74) is 21.0. The second-order valence-electron chi connectivity index (χ2n) is 17.3. The van der Waals surface area contributed by atoms with Crippen LogP contribution in [0.5, 0.6) is 0 Å². The van der Waals surface area contributed by atoms with Crippen molar-refractivity contribution >= 4 is 31.5 Å². The van der Waals surface area contributed by atoms with Crippen LogP contribution in [0.4, 0.5) is 0 Å². The van der Waals surface area contributed by atoms with Crippen molar-refractivity contribution in [1.29, 1.82) is 0 Å². The van der Waals surface area contributed by atoms with E-state index in [2.05, 4.69) is 224 Å². The van der Waals surface area contributed by atoms with Crippen molar-refractivity contribution in [3.8, 4) is 55.9 Å². The normalized spacial score (nSPS) is 14.3. The topological polar surface area (TPSA) is 12.9 Å². The molecule has 0 saturated heterocycles. The molecule has 11 aromatic rings. The average Bonchev–Trinajstić information content (AvgIpc) is 3.98. The van der Waals surface area contributed by atoms with E-state index in [1.54, 1.807) is 0 Å². The maximum atomic E-state index is 5.74. The summed E-state index contributed by atoms with van der Waals surface area (Å²) in [6.45, 7) is 0. The zero-order chi connectivity index (χ0) is 41.3. The maximum absolute atomic E-state index is 5.74. The van der Waals surface area contributed by atoms with E-state index in [0.29, 0.717) is 0 Å². The summed E-state index contributed by atoms with van der Waals surface area (Å²) in [7, 11) is 0. The highest BCUT2D eigenvalue weighted by Crippen LogP contribution is 2.68. The van der Waals surface area contributed by atoms with E-state index in [1.165, 1.54) is 92.5 Å². The molecule has 0 radical (unpaired) electrons. The molecule has 3 aliphatic carbocycles. The molecule has 0 amide bonds. The fraction of sp³-hybridized carbons (Fsp3) is 0.0328. The van der Waals surface area contributed by atoms with Gasteiger partial charge in [0.1, 0.15) is 0 Å². The summed E-state index contributed by atoms with van der Waals surface area (Å²) >= 11 is 1.86. The van der Waals surface area contributed by atoms with Crippen molar-refractivity contribution in [2.45, 2.75) is 10.8 Å². The van der Waals surface area contributed by atoms with Gasteiger partial charge >= 0.3 is 0 Å². The first kappa shape index (κ1) is 35.0. The SMILES string of the molecule is c1ccc(-c2cc(-c3ccc4sc5ccccc5c4c3)cc(-c3cccc4c3C3(c5ccccc5-c5ccccc53)c3ccccc3C43c4ccccc4-c4ccccc43)n2)cc1. The lowest BCUT2D eigenvalue weighted by atomic mass is 9.51. The van der Waals surface area contributed by atoms with Crippen LogP contribution in [-0.4, -0.2) is 4.98 Å². The van der Waals surface area contributed by atoms with E-state index in [-0.39, 0.29) is 0 Å². The van der Waals surface area contributed by atoms with Crippen LogP contribution in [-0.2, 0) is 10.8 Å². The molecule has 3 aliphatic rings. The fourth-order valence-corrected chi connectivity index (χ4v) is 13.1. The van der Waals surface area contributed by atoms with Gasteiger partial charge in [-0.25, -0.2) is 4.98 Å². The minimum atomic E-state index is -0.632. The molecule has 0 atom stereocenters. The lowest BCUT2D eigenvalue weighted by Gasteiger charge is -2.49. The quantitative estimate of drug-likeness (QED) is 0.173. The van der Waals surface area contributed by atoms with Crippen LogP contribution in [0, 0.1) is 0 Å². The predicted molar refractivity (Wildman–Crippen MR) is 262 cm³/mol. The zero-order valence-electron chi connectivity index (χ0n) is 34.2. The molecular formula is C61H37NS. The first-order valence-corrected chi connectivity index (χ1v) is 22.7. The molecule has 0 bridgehead atoms. The standard InChI is InChI=1S/C61H37NS/c1-2-17-38(18-3-1)55-36-40(39-33-34-58-47(35-39)45-23-8-15-32-57(45)63-58)37-56(62-55)46-24-16-31-54-59(46)61(50-27-11-6-21-43(50)44-22-7-12-28-51(44)61)53-30-14-13-29-52(53)60(54)48-25-9-4-19-41(48)42-20-5-10-26-49(42)60/h1-37H. The molecule has 0 fully saturated rings. The van der Waals surface area contributed by atoms with Crippen LogP contribution in [0.3, 0.4) is 0 Å². The number of fused-ring (bicyclic) bond motifs is 19. The monoisotopic (exact) mass is 815 g/mol. The molecule has 9 aromatic carbocycles. The molecule has 0 saturated carbocycles. The largest absolute Gasteiger partial charge is 0.248 e. The third kappa shape index (κ3) is 4.53. The molecule has 2 heterocycles. The van der Waals surface area contributed by atoms with Crippen LogP contribution in [0.1, 0.15) is 44.5 Å². The van der Waals surface area contributed by atoms with E-state index in [0.717, 1.165) is 28.1 Å². The summed E-state index contributed by atoms with van der Waals surface area (Å²) in [5.74, 6) is 0. The first-order chi connectivity index (χ1) is 31.2. The second kappa shape index (κ2) is 12.9. The number of hydrogen-bond acceptors (Lipinski definition) is 2. The van der Waals surface area contributed by atoms with Gasteiger partial charge in [0.25, 0.3) is 0 Å². The smallest absolute Gasteiger partial charge is 0.0726 e. The molecule has 0 unspecified atom stereocenters. The van der Waals surface area contributed by atoms with Gasteiger partial charge in [-0.2, -0.15) is 0 Å². The molecule has 63 heavy (non-hydrogen) atoms. The average molecular weight is 816 g/mol. The Morgan fingerprint density at radius 1 is 0.286 bits per heavy atom. The second-order valence-corrected chi connectivity index (χ2v) is 18.3. The number of nitrogens with zero attached hydrogens (tertiary/aromatic N) is 1. The minimum absolute atomic E-state index is 0.572. The number of rotatable bonds is 3. The Morgan fingerprint density at radius 2 is 0.762 bits per heavy atom. The van der Waals surface area contributed by atoms with Gasteiger partial charge in [0.15, 0.2) is 0 Å². The predicted octanol–water partition coefficient (Wildman–Crippen LogP) is 15.5. The molecule has 2 spiro atoms. The van der Waals surface area contributed by atoms with Crippen molar-refractivity contribution in [2.24, 2.45) is 0 Å². The summed E-state index contributed by atoms with van der Waals surface area (Å²) in [5, 5.41) is 2.59. The fourth-order valence-electron chi connectivity index (χ4n) is 12.0. The van der Waals surface area contributed by atoms with Crippen molar-refractivity contribution in [2.75, 3.05) is 0 Å². The van der Waals surface area contributed by atoms with E-state index in [1.807, 2.05) is 11.3 Å². The molecule has 0 N–H and O–H groups in total. The zero-order valence-corrected chi connectivity index (χ0v) is 35.0. The molecular weight excluding hydrogens is 779 g/mol. The summed E-state index contributed by atoms with van der Waals surface area (Å²) in [6, 6.07) is 84.2. The van der Waals surface area contributed by atoms with Gasteiger partial charge in [0.2, 0.25) is 0 Å². The minimum Gasteiger partial charge on any atom is -0.248 e. The van der Waals surface area contributed by atoms with Gasteiger partial charge in [-0.1, -0.05) is 194 Å². The Hall–Kier alpha value is -7.65. The number of hydrogen-bond donors (Lipinski definition) is 0. The van der Waals surface area contributed by atoms with E-state index < -0.39 is 10.8 Å². The van der Waals surface area contributed by atoms with E-state index in [9.17, 15) is 0 Å². The summed E-state index contributed by atoms with van der Waals surface area (Å²) < 4.78 is 2.61. The summed E-state index contributed by atoms with van der Waals surface area (Å²) in [4.78, 5) is 5.74. The van der Waals surface area contributed by atoms with Crippen molar-refractivity contribution in [1.82, 2.24) is 4.98 Å². The molecule has 2 heteroatoms. The number of benzene rings is 9. The number of pyridine rings is 1. The number of thiophene rings is 1. The Labute approximate surface area is 370 Å². The van der Waals surface area contributed by atoms with Gasteiger partial charge in [-0.15, -0.1) is 11.3 Å². The van der Waals surface area contributed by atoms with Gasteiger partial charge in [0.05, 0.1) is 22.2 Å². The Bertz CT molecular complexity index is 3610. The summed E-state index contributed by atoms with van der Waals surface area (Å²) in [6.07, 6.45) is 0. The van der Waals surface area contributed by atoms with E-state index >= 15 is 0 Å². The van der Waals surface area contributed by atoms with Crippen LogP contribution in [0.15, 0.2) is 224 Å².